The van der Waals surface area contributed by atoms with Gasteiger partial charge in [-0.1, -0.05) is 30.3 Å². The van der Waals surface area contributed by atoms with Crippen molar-refractivity contribution in [2.24, 2.45) is 0 Å². The van der Waals surface area contributed by atoms with Gasteiger partial charge in [0, 0.05) is 12.1 Å². The van der Waals surface area contributed by atoms with E-state index in [9.17, 15) is 31.1 Å². The van der Waals surface area contributed by atoms with Crippen LogP contribution in [0.5, 0.6) is 5.75 Å². The zero-order chi connectivity index (χ0) is 23.4. The van der Waals surface area contributed by atoms with E-state index in [1.807, 2.05) is 0 Å². The average Bonchev–Trinajstić information content (AvgIpc) is 2.75. The van der Waals surface area contributed by atoms with Crippen LogP contribution in [0.3, 0.4) is 0 Å². The van der Waals surface area contributed by atoms with Gasteiger partial charge in [0.2, 0.25) is 0 Å². The summed E-state index contributed by atoms with van der Waals surface area (Å²) in [5, 5.41) is 2.60. The van der Waals surface area contributed by atoms with E-state index in [2.05, 4.69) is 5.32 Å². The molecule has 0 fully saturated rings. The quantitative estimate of drug-likeness (QED) is 0.449. The second-order valence-electron chi connectivity index (χ2n) is 6.89. The fraction of sp³-hybridized carbons (Fsp3) is 0.174. The first-order valence-electron chi connectivity index (χ1n) is 9.36. The summed E-state index contributed by atoms with van der Waals surface area (Å²) in [7, 11) is 0. The SMILES string of the molecule is O=C(NCc1ccc(C(F)(F)F)cc1)c1cccc(OCc2cccc(C(F)(F)F)c2)c1. The average molecular weight is 453 g/mol. The van der Waals surface area contributed by atoms with Crippen molar-refractivity contribution in [1.29, 1.82) is 0 Å². The van der Waals surface area contributed by atoms with Crippen molar-refractivity contribution in [3.05, 3.63) is 101 Å². The van der Waals surface area contributed by atoms with Crippen molar-refractivity contribution in [2.45, 2.75) is 25.5 Å². The Morgan fingerprint density at radius 3 is 2.06 bits per heavy atom. The van der Waals surface area contributed by atoms with Crippen LogP contribution in [0, 0.1) is 0 Å². The first kappa shape index (κ1) is 23.2. The summed E-state index contributed by atoms with van der Waals surface area (Å²) in [6, 6.07) is 15.2. The van der Waals surface area contributed by atoms with E-state index < -0.39 is 29.4 Å². The van der Waals surface area contributed by atoms with Gasteiger partial charge in [0.25, 0.3) is 5.91 Å². The van der Waals surface area contributed by atoms with Gasteiger partial charge >= 0.3 is 12.4 Å². The molecule has 0 bridgehead atoms. The number of alkyl halides is 6. The van der Waals surface area contributed by atoms with Crippen LogP contribution in [-0.4, -0.2) is 5.91 Å². The minimum Gasteiger partial charge on any atom is -0.489 e. The lowest BCUT2D eigenvalue weighted by Gasteiger charge is -2.11. The summed E-state index contributed by atoms with van der Waals surface area (Å²) in [5.41, 5.74) is -0.521. The lowest BCUT2D eigenvalue weighted by atomic mass is 10.1. The van der Waals surface area contributed by atoms with Crippen LogP contribution >= 0.6 is 0 Å². The van der Waals surface area contributed by atoms with Gasteiger partial charge in [-0.3, -0.25) is 4.79 Å². The number of carbonyl (C=O) groups excluding carboxylic acids is 1. The molecule has 0 saturated carbocycles. The van der Waals surface area contributed by atoms with Crippen LogP contribution < -0.4 is 10.1 Å². The third-order valence-electron chi connectivity index (χ3n) is 4.49. The highest BCUT2D eigenvalue weighted by atomic mass is 19.4. The molecule has 3 aromatic carbocycles. The van der Waals surface area contributed by atoms with Gasteiger partial charge in [0.1, 0.15) is 12.4 Å². The highest BCUT2D eigenvalue weighted by Gasteiger charge is 2.30. The van der Waals surface area contributed by atoms with E-state index in [-0.39, 0.29) is 24.5 Å². The molecule has 0 atom stereocenters. The van der Waals surface area contributed by atoms with Gasteiger partial charge in [0.15, 0.2) is 0 Å². The molecule has 0 spiro atoms. The Labute approximate surface area is 179 Å². The fourth-order valence-corrected chi connectivity index (χ4v) is 2.83. The lowest BCUT2D eigenvalue weighted by Crippen LogP contribution is -2.22. The zero-order valence-electron chi connectivity index (χ0n) is 16.4. The number of rotatable bonds is 6. The monoisotopic (exact) mass is 453 g/mol. The molecule has 0 aromatic heterocycles. The third kappa shape index (κ3) is 6.26. The Morgan fingerprint density at radius 2 is 1.41 bits per heavy atom. The van der Waals surface area contributed by atoms with Gasteiger partial charge in [0.05, 0.1) is 11.1 Å². The molecule has 3 rings (SSSR count). The van der Waals surface area contributed by atoms with E-state index in [4.69, 9.17) is 4.74 Å². The normalized spacial score (nSPS) is 11.8. The number of carbonyl (C=O) groups is 1. The van der Waals surface area contributed by atoms with Crippen molar-refractivity contribution in [1.82, 2.24) is 5.32 Å². The van der Waals surface area contributed by atoms with Crippen LogP contribution in [0.2, 0.25) is 0 Å². The van der Waals surface area contributed by atoms with Crippen LogP contribution in [0.4, 0.5) is 26.3 Å². The minimum atomic E-state index is -4.46. The second kappa shape index (κ2) is 9.33. The molecule has 0 radical (unpaired) electrons. The van der Waals surface area contributed by atoms with Gasteiger partial charge in [-0.25, -0.2) is 0 Å². The van der Waals surface area contributed by atoms with Gasteiger partial charge in [-0.15, -0.1) is 0 Å². The largest absolute Gasteiger partial charge is 0.489 e. The summed E-state index contributed by atoms with van der Waals surface area (Å²) in [5.74, 6) is -0.195. The summed E-state index contributed by atoms with van der Waals surface area (Å²) in [6.07, 6.45) is -8.89. The first-order valence-corrected chi connectivity index (χ1v) is 9.36. The Balaban J connectivity index is 1.59. The maximum absolute atomic E-state index is 12.8. The maximum atomic E-state index is 12.8. The molecule has 1 amide bonds. The molecule has 168 valence electrons. The smallest absolute Gasteiger partial charge is 0.416 e. The molecule has 0 aliphatic rings. The van der Waals surface area contributed by atoms with Crippen molar-refractivity contribution in [3.8, 4) is 5.75 Å². The Bertz CT molecular complexity index is 1070. The van der Waals surface area contributed by atoms with Crippen molar-refractivity contribution in [3.63, 3.8) is 0 Å². The van der Waals surface area contributed by atoms with Crippen molar-refractivity contribution < 1.29 is 35.9 Å². The number of halogens is 6. The molecule has 0 aliphatic carbocycles. The standard InChI is InChI=1S/C23H17F6NO2/c24-22(25,26)18-9-7-15(8-10-18)13-30-21(31)17-4-2-6-20(12-17)32-14-16-3-1-5-19(11-16)23(27,28)29/h1-12H,13-14H2,(H,30,31). The first-order chi connectivity index (χ1) is 15.0. The van der Waals surface area contributed by atoms with Gasteiger partial charge in [-0.2, -0.15) is 26.3 Å². The molecule has 32 heavy (non-hydrogen) atoms. The molecular weight excluding hydrogens is 436 g/mol. The number of nitrogens with one attached hydrogen (secondary N) is 1. The number of amides is 1. The number of hydrogen-bond acceptors (Lipinski definition) is 2. The van der Waals surface area contributed by atoms with E-state index in [1.165, 1.54) is 36.4 Å². The molecule has 1 N–H and O–H groups in total. The Hall–Kier alpha value is -3.49. The summed E-state index contributed by atoms with van der Waals surface area (Å²) >= 11 is 0. The van der Waals surface area contributed by atoms with Gasteiger partial charge < -0.3 is 10.1 Å². The molecule has 3 nitrogen and oxygen atoms in total. The molecular formula is C23H17F6NO2. The van der Waals surface area contributed by atoms with Gasteiger partial charge in [-0.05, 0) is 53.6 Å². The summed E-state index contributed by atoms with van der Waals surface area (Å²) in [4.78, 5) is 12.4. The van der Waals surface area contributed by atoms with Crippen LogP contribution in [0.25, 0.3) is 0 Å². The molecule has 0 unspecified atom stereocenters. The molecule has 0 aliphatic heterocycles. The van der Waals surface area contributed by atoms with Crippen LogP contribution in [0.15, 0.2) is 72.8 Å². The molecule has 0 heterocycles. The molecule has 3 aromatic rings. The highest BCUT2D eigenvalue weighted by molar-refractivity contribution is 5.94. The minimum absolute atomic E-state index is 0.0201. The van der Waals surface area contributed by atoms with Crippen molar-refractivity contribution >= 4 is 5.91 Å². The highest BCUT2D eigenvalue weighted by Crippen LogP contribution is 2.30. The number of benzene rings is 3. The number of hydrogen-bond donors (Lipinski definition) is 1. The van der Waals surface area contributed by atoms with Crippen LogP contribution in [0.1, 0.15) is 32.6 Å². The predicted octanol–water partition coefficient (Wildman–Crippen LogP) is 6.23. The predicted molar refractivity (Wildman–Crippen MR) is 105 cm³/mol. The maximum Gasteiger partial charge on any atom is 0.416 e. The van der Waals surface area contributed by atoms with E-state index >= 15 is 0 Å². The fourth-order valence-electron chi connectivity index (χ4n) is 2.83. The Morgan fingerprint density at radius 1 is 0.750 bits per heavy atom. The van der Waals surface area contributed by atoms with E-state index in [0.29, 0.717) is 11.1 Å². The molecule has 0 saturated heterocycles. The van der Waals surface area contributed by atoms with E-state index in [0.717, 1.165) is 24.3 Å². The summed E-state index contributed by atoms with van der Waals surface area (Å²) in [6.45, 7) is -0.104. The summed E-state index contributed by atoms with van der Waals surface area (Å²) < 4.78 is 81.7. The topological polar surface area (TPSA) is 38.3 Å². The van der Waals surface area contributed by atoms with E-state index in [1.54, 1.807) is 12.1 Å². The zero-order valence-corrected chi connectivity index (χ0v) is 16.4. The lowest BCUT2D eigenvalue weighted by molar-refractivity contribution is -0.138. The van der Waals surface area contributed by atoms with Crippen molar-refractivity contribution in [2.75, 3.05) is 0 Å². The third-order valence-corrected chi connectivity index (χ3v) is 4.49. The molecule has 9 heteroatoms. The number of ether oxygens (including phenoxy) is 1. The van der Waals surface area contributed by atoms with Crippen LogP contribution in [-0.2, 0) is 25.5 Å². The Kier molecular flexibility index (Phi) is 6.76. The second-order valence-corrected chi connectivity index (χ2v) is 6.89.